The van der Waals surface area contributed by atoms with Crippen molar-refractivity contribution in [3.05, 3.63) is 35.1 Å². The zero-order valence-corrected chi connectivity index (χ0v) is 12.4. The molecule has 2 N–H and O–H groups in total. The van der Waals surface area contributed by atoms with Gasteiger partial charge in [0.25, 0.3) is 0 Å². The molecule has 1 saturated carbocycles. The summed E-state index contributed by atoms with van der Waals surface area (Å²) < 4.78 is 13.4. The van der Waals surface area contributed by atoms with Crippen molar-refractivity contribution in [3.63, 3.8) is 0 Å². The predicted octanol–water partition coefficient (Wildman–Crippen LogP) is 4.22. The average Bonchev–Trinajstić information content (AvgIpc) is 2.33. The number of halogens is 1. The van der Waals surface area contributed by atoms with Gasteiger partial charge in [0.2, 0.25) is 0 Å². The summed E-state index contributed by atoms with van der Waals surface area (Å²) in [5.41, 5.74) is 8.98. The van der Waals surface area contributed by atoms with E-state index < -0.39 is 0 Å². The molecular weight excluding hydrogens is 237 g/mol. The maximum absolute atomic E-state index is 13.4. The first-order valence-corrected chi connectivity index (χ1v) is 7.41. The highest BCUT2D eigenvalue weighted by molar-refractivity contribution is 5.27. The van der Waals surface area contributed by atoms with Gasteiger partial charge in [0, 0.05) is 6.04 Å². The van der Waals surface area contributed by atoms with Crippen molar-refractivity contribution in [2.45, 2.75) is 58.9 Å². The summed E-state index contributed by atoms with van der Waals surface area (Å²) in [6.07, 6.45) is 5.85. The Kier molecular flexibility index (Phi) is 4.29. The van der Waals surface area contributed by atoms with E-state index in [9.17, 15) is 4.39 Å². The predicted molar refractivity (Wildman–Crippen MR) is 78.6 cm³/mol. The van der Waals surface area contributed by atoms with E-state index in [0.29, 0.717) is 11.3 Å². The fraction of sp³-hybridized carbons (Fsp3) is 0.647. The number of nitrogens with two attached hydrogens (primary N) is 1. The number of aryl methyl sites for hydroxylation is 1. The maximum atomic E-state index is 13.4. The van der Waals surface area contributed by atoms with Crippen molar-refractivity contribution in [2.24, 2.45) is 17.1 Å². The third-order valence-corrected chi connectivity index (χ3v) is 4.87. The number of hydrogen-bond acceptors (Lipinski definition) is 1. The molecule has 1 nitrogen and oxygen atoms in total. The van der Waals surface area contributed by atoms with Gasteiger partial charge in [0.05, 0.1) is 0 Å². The van der Waals surface area contributed by atoms with Gasteiger partial charge >= 0.3 is 0 Å². The van der Waals surface area contributed by atoms with Crippen LogP contribution in [0.3, 0.4) is 0 Å². The minimum atomic E-state index is -0.157. The van der Waals surface area contributed by atoms with E-state index in [2.05, 4.69) is 13.8 Å². The standard InChI is InChI=1S/C17H26FN/c1-12-7-8-14(18)10-13(12)11-16(19)15-6-4-5-9-17(15,2)3/h7-8,10,15-16H,4-6,9,11,19H2,1-3H3. The van der Waals surface area contributed by atoms with Crippen LogP contribution in [0.4, 0.5) is 4.39 Å². The van der Waals surface area contributed by atoms with E-state index in [4.69, 9.17) is 5.73 Å². The number of benzene rings is 1. The van der Waals surface area contributed by atoms with Gasteiger partial charge in [0.1, 0.15) is 5.82 Å². The maximum Gasteiger partial charge on any atom is 0.123 e. The Morgan fingerprint density at radius 2 is 2.11 bits per heavy atom. The molecule has 2 rings (SSSR count). The first-order chi connectivity index (χ1) is 8.90. The van der Waals surface area contributed by atoms with Crippen LogP contribution < -0.4 is 5.73 Å². The van der Waals surface area contributed by atoms with Crippen LogP contribution in [0.2, 0.25) is 0 Å². The van der Waals surface area contributed by atoms with E-state index in [-0.39, 0.29) is 11.9 Å². The van der Waals surface area contributed by atoms with E-state index >= 15 is 0 Å². The van der Waals surface area contributed by atoms with Gasteiger partial charge in [-0.05, 0) is 60.8 Å². The Labute approximate surface area is 116 Å². The summed E-state index contributed by atoms with van der Waals surface area (Å²) in [4.78, 5) is 0. The van der Waals surface area contributed by atoms with Crippen molar-refractivity contribution in [2.75, 3.05) is 0 Å². The van der Waals surface area contributed by atoms with Crippen LogP contribution in [0.1, 0.15) is 50.7 Å². The fourth-order valence-electron chi connectivity index (χ4n) is 3.57. The topological polar surface area (TPSA) is 26.0 Å². The summed E-state index contributed by atoms with van der Waals surface area (Å²) in [7, 11) is 0. The molecule has 0 amide bonds. The van der Waals surface area contributed by atoms with Crippen molar-refractivity contribution in [1.29, 1.82) is 0 Å². The van der Waals surface area contributed by atoms with Crippen LogP contribution >= 0.6 is 0 Å². The largest absolute Gasteiger partial charge is 0.327 e. The third kappa shape index (κ3) is 3.36. The molecule has 1 aliphatic rings. The summed E-state index contributed by atoms with van der Waals surface area (Å²) in [5, 5.41) is 0. The van der Waals surface area contributed by atoms with Gasteiger partial charge in [0.15, 0.2) is 0 Å². The smallest absolute Gasteiger partial charge is 0.123 e. The lowest BCUT2D eigenvalue weighted by Crippen LogP contribution is -2.43. The molecule has 2 heteroatoms. The van der Waals surface area contributed by atoms with Gasteiger partial charge < -0.3 is 5.73 Å². The van der Waals surface area contributed by atoms with Crippen molar-refractivity contribution in [3.8, 4) is 0 Å². The molecule has 19 heavy (non-hydrogen) atoms. The summed E-state index contributed by atoms with van der Waals surface area (Å²) in [5.74, 6) is 0.389. The van der Waals surface area contributed by atoms with Crippen LogP contribution in [0, 0.1) is 24.1 Å². The highest BCUT2D eigenvalue weighted by atomic mass is 19.1. The molecule has 0 aliphatic heterocycles. The normalized spacial score (nSPS) is 24.2. The lowest BCUT2D eigenvalue weighted by atomic mass is 9.65. The fourth-order valence-corrected chi connectivity index (χ4v) is 3.57. The quantitative estimate of drug-likeness (QED) is 0.868. The SMILES string of the molecule is Cc1ccc(F)cc1CC(N)C1CCCCC1(C)C. The summed E-state index contributed by atoms with van der Waals surface area (Å²) in [6.45, 7) is 6.69. The number of rotatable bonds is 3. The van der Waals surface area contributed by atoms with Gasteiger partial charge in [-0.2, -0.15) is 0 Å². The molecule has 1 fully saturated rings. The Hall–Kier alpha value is -0.890. The lowest BCUT2D eigenvalue weighted by Gasteiger charge is -2.42. The highest BCUT2D eigenvalue weighted by Crippen LogP contribution is 2.42. The lowest BCUT2D eigenvalue weighted by molar-refractivity contribution is 0.112. The van der Waals surface area contributed by atoms with Gasteiger partial charge in [-0.15, -0.1) is 0 Å². The van der Waals surface area contributed by atoms with Crippen LogP contribution in [0.25, 0.3) is 0 Å². The van der Waals surface area contributed by atoms with Crippen molar-refractivity contribution >= 4 is 0 Å². The van der Waals surface area contributed by atoms with E-state index in [1.54, 1.807) is 6.07 Å². The molecule has 2 atom stereocenters. The molecule has 1 aliphatic carbocycles. The Bertz CT molecular complexity index is 439. The molecule has 0 radical (unpaired) electrons. The van der Waals surface area contributed by atoms with Crippen LogP contribution in [0.15, 0.2) is 18.2 Å². The second-order valence-electron chi connectivity index (χ2n) is 6.78. The minimum absolute atomic E-state index is 0.135. The molecule has 0 bridgehead atoms. The van der Waals surface area contributed by atoms with Crippen molar-refractivity contribution in [1.82, 2.24) is 0 Å². The first-order valence-electron chi connectivity index (χ1n) is 7.41. The van der Waals surface area contributed by atoms with E-state index in [1.165, 1.54) is 31.7 Å². The minimum Gasteiger partial charge on any atom is -0.327 e. The number of hydrogen-bond donors (Lipinski definition) is 1. The second-order valence-corrected chi connectivity index (χ2v) is 6.78. The highest BCUT2D eigenvalue weighted by Gasteiger charge is 2.35. The zero-order chi connectivity index (χ0) is 14.0. The molecule has 1 aromatic carbocycles. The van der Waals surface area contributed by atoms with Gasteiger partial charge in [-0.3, -0.25) is 0 Å². The molecular formula is C17H26FN. The summed E-state index contributed by atoms with van der Waals surface area (Å²) >= 11 is 0. The van der Waals surface area contributed by atoms with Crippen LogP contribution in [-0.2, 0) is 6.42 Å². The molecule has 0 spiro atoms. The monoisotopic (exact) mass is 263 g/mol. The van der Waals surface area contributed by atoms with Crippen LogP contribution in [0.5, 0.6) is 0 Å². The zero-order valence-electron chi connectivity index (χ0n) is 12.4. The summed E-state index contributed by atoms with van der Waals surface area (Å²) in [6, 6.07) is 5.15. The molecule has 0 aromatic heterocycles. The average molecular weight is 263 g/mol. The molecule has 106 valence electrons. The molecule has 1 aromatic rings. The van der Waals surface area contributed by atoms with E-state index in [1.807, 2.05) is 13.0 Å². The van der Waals surface area contributed by atoms with Crippen molar-refractivity contribution < 1.29 is 4.39 Å². The molecule has 0 heterocycles. The Morgan fingerprint density at radius 3 is 2.79 bits per heavy atom. The van der Waals surface area contributed by atoms with Gasteiger partial charge in [-0.1, -0.05) is 32.8 Å². The third-order valence-electron chi connectivity index (χ3n) is 4.87. The first kappa shape index (κ1) is 14.5. The molecule has 0 saturated heterocycles. The second kappa shape index (κ2) is 5.62. The Balaban J connectivity index is 2.11. The van der Waals surface area contributed by atoms with Crippen LogP contribution in [-0.4, -0.2) is 6.04 Å². The molecule has 2 unspecified atom stereocenters. The van der Waals surface area contributed by atoms with Gasteiger partial charge in [-0.25, -0.2) is 4.39 Å². The Morgan fingerprint density at radius 1 is 1.37 bits per heavy atom. The van der Waals surface area contributed by atoms with E-state index in [0.717, 1.165) is 17.5 Å².